The number of ether oxygens (including phenoxy) is 1. The van der Waals surface area contributed by atoms with Crippen LogP contribution in [0.25, 0.3) is 0 Å². The fourth-order valence-corrected chi connectivity index (χ4v) is 1.80. The van der Waals surface area contributed by atoms with Gasteiger partial charge in [-0.1, -0.05) is 0 Å². The first-order valence-electron chi connectivity index (χ1n) is 5.07. The number of aromatic nitrogens is 1. The Labute approximate surface area is 87.5 Å². The molecule has 0 spiro atoms. The second-order valence-electron chi connectivity index (χ2n) is 3.67. The van der Waals surface area contributed by atoms with Gasteiger partial charge in [0.2, 0.25) is 0 Å². The Balaban J connectivity index is 2.20. The lowest BCUT2D eigenvalue weighted by Gasteiger charge is -2.11. The van der Waals surface area contributed by atoms with Gasteiger partial charge in [0.1, 0.15) is 0 Å². The average molecular weight is 207 g/mol. The molecule has 0 unspecified atom stereocenters. The zero-order valence-electron chi connectivity index (χ0n) is 8.39. The van der Waals surface area contributed by atoms with Crippen LogP contribution in [0.3, 0.4) is 0 Å². The van der Waals surface area contributed by atoms with E-state index in [1.165, 1.54) is 6.07 Å². The number of hydrogen-bond donors (Lipinski definition) is 0. The smallest absolute Gasteiger partial charge is 0.261 e. The highest BCUT2D eigenvalue weighted by Crippen LogP contribution is 2.12. The molecule has 1 aliphatic heterocycles. The van der Waals surface area contributed by atoms with Crippen LogP contribution in [0.5, 0.6) is 0 Å². The summed E-state index contributed by atoms with van der Waals surface area (Å²) in [5, 5.41) is 0. The maximum Gasteiger partial charge on any atom is 0.261 e. The SMILES string of the molecule is O=Cc1cccn(C[C@@H]2CCCO2)c1=O. The van der Waals surface area contributed by atoms with E-state index in [1.54, 1.807) is 16.8 Å². The van der Waals surface area contributed by atoms with E-state index in [-0.39, 0.29) is 17.2 Å². The lowest BCUT2D eigenvalue weighted by Crippen LogP contribution is -2.27. The third-order valence-corrected chi connectivity index (χ3v) is 2.60. The van der Waals surface area contributed by atoms with Gasteiger partial charge in [0.15, 0.2) is 6.29 Å². The van der Waals surface area contributed by atoms with E-state index in [1.807, 2.05) is 0 Å². The Morgan fingerprint density at radius 1 is 1.60 bits per heavy atom. The van der Waals surface area contributed by atoms with Crippen molar-refractivity contribution < 1.29 is 9.53 Å². The standard InChI is InChI=1S/C11H13NO3/c13-8-9-3-1-5-12(11(9)14)7-10-4-2-6-15-10/h1,3,5,8,10H,2,4,6-7H2/t10-/m0/s1. The van der Waals surface area contributed by atoms with Crippen molar-refractivity contribution in [3.8, 4) is 0 Å². The summed E-state index contributed by atoms with van der Waals surface area (Å²) in [6.07, 6.45) is 4.43. The van der Waals surface area contributed by atoms with Gasteiger partial charge in [-0.05, 0) is 25.0 Å². The van der Waals surface area contributed by atoms with Crippen molar-refractivity contribution in [3.63, 3.8) is 0 Å². The second kappa shape index (κ2) is 4.40. The topological polar surface area (TPSA) is 48.3 Å². The molecule has 2 rings (SSSR count). The Kier molecular flexibility index (Phi) is 2.97. The highest BCUT2D eigenvalue weighted by Gasteiger charge is 2.16. The summed E-state index contributed by atoms with van der Waals surface area (Å²) in [5.74, 6) is 0. The van der Waals surface area contributed by atoms with Crippen LogP contribution in [0.4, 0.5) is 0 Å². The number of pyridine rings is 1. The Hall–Kier alpha value is -1.42. The van der Waals surface area contributed by atoms with Crippen molar-refractivity contribution in [1.29, 1.82) is 0 Å². The normalized spacial score (nSPS) is 20.4. The summed E-state index contributed by atoms with van der Waals surface area (Å²) < 4.78 is 6.98. The largest absolute Gasteiger partial charge is 0.376 e. The highest BCUT2D eigenvalue weighted by molar-refractivity contribution is 5.73. The molecule has 15 heavy (non-hydrogen) atoms. The van der Waals surface area contributed by atoms with Crippen molar-refractivity contribution >= 4 is 6.29 Å². The number of hydrogen-bond acceptors (Lipinski definition) is 3. The molecule has 0 radical (unpaired) electrons. The molecule has 4 heteroatoms. The van der Waals surface area contributed by atoms with E-state index in [0.29, 0.717) is 12.8 Å². The molecule has 0 N–H and O–H groups in total. The van der Waals surface area contributed by atoms with Crippen LogP contribution < -0.4 is 5.56 Å². The summed E-state index contributed by atoms with van der Waals surface area (Å²) >= 11 is 0. The van der Waals surface area contributed by atoms with Gasteiger partial charge in [0.05, 0.1) is 18.2 Å². The average Bonchev–Trinajstić information content (AvgIpc) is 2.74. The van der Waals surface area contributed by atoms with Gasteiger partial charge in [0.25, 0.3) is 5.56 Å². The predicted molar refractivity (Wildman–Crippen MR) is 55.1 cm³/mol. The van der Waals surface area contributed by atoms with Crippen LogP contribution >= 0.6 is 0 Å². The van der Waals surface area contributed by atoms with Crippen molar-refractivity contribution in [2.75, 3.05) is 6.61 Å². The van der Waals surface area contributed by atoms with Gasteiger partial charge >= 0.3 is 0 Å². The molecular weight excluding hydrogens is 194 g/mol. The molecular formula is C11H13NO3. The molecule has 0 aromatic carbocycles. The second-order valence-corrected chi connectivity index (χ2v) is 3.67. The maximum absolute atomic E-state index is 11.7. The molecule has 0 amide bonds. The Morgan fingerprint density at radius 3 is 3.13 bits per heavy atom. The zero-order chi connectivity index (χ0) is 10.7. The van der Waals surface area contributed by atoms with Crippen molar-refractivity contribution in [1.82, 2.24) is 4.57 Å². The lowest BCUT2D eigenvalue weighted by molar-refractivity contribution is 0.0958. The molecule has 1 aromatic heterocycles. The number of carbonyl (C=O) groups excluding carboxylic acids is 1. The van der Waals surface area contributed by atoms with Crippen molar-refractivity contribution in [2.45, 2.75) is 25.5 Å². The molecule has 1 aliphatic rings. The van der Waals surface area contributed by atoms with Crippen LogP contribution in [-0.4, -0.2) is 23.6 Å². The zero-order valence-corrected chi connectivity index (χ0v) is 8.39. The third-order valence-electron chi connectivity index (χ3n) is 2.60. The van der Waals surface area contributed by atoms with E-state index in [4.69, 9.17) is 4.74 Å². The summed E-state index contributed by atoms with van der Waals surface area (Å²) in [6.45, 7) is 1.31. The number of carbonyl (C=O) groups is 1. The predicted octanol–water partition coefficient (Wildman–Crippen LogP) is 0.840. The maximum atomic E-state index is 11.7. The molecule has 2 heterocycles. The minimum Gasteiger partial charge on any atom is -0.376 e. The lowest BCUT2D eigenvalue weighted by atomic mass is 10.2. The first-order chi connectivity index (χ1) is 7.31. The highest BCUT2D eigenvalue weighted by atomic mass is 16.5. The molecule has 0 saturated carbocycles. The van der Waals surface area contributed by atoms with E-state index in [0.717, 1.165) is 19.4 Å². The minimum atomic E-state index is -0.233. The molecule has 0 aliphatic carbocycles. The minimum absolute atomic E-state index is 0.115. The Morgan fingerprint density at radius 2 is 2.47 bits per heavy atom. The number of rotatable bonds is 3. The van der Waals surface area contributed by atoms with Crippen LogP contribution in [0.2, 0.25) is 0 Å². The van der Waals surface area contributed by atoms with Crippen LogP contribution in [-0.2, 0) is 11.3 Å². The van der Waals surface area contributed by atoms with Gasteiger partial charge in [-0.15, -0.1) is 0 Å². The molecule has 1 aromatic rings. The molecule has 4 nitrogen and oxygen atoms in total. The van der Waals surface area contributed by atoms with E-state index in [9.17, 15) is 9.59 Å². The number of nitrogens with zero attached hydrogens (tertiary/aromatic N) is 1. The molecule has 1 saturated heterocycles. The van der Waals surface area contributed by atoms with E-state index >= 15 is 0 Å². The van der Waals surface area contributed by atoms with Gasteiger partial charge in [0, 0.05) is 12.8 Å². The van der Waals surface area contributed by atoms with Crippen LogP contribution in [0.15, 0.2) is 23.1 Å². The summed E-state index contributed by atoms with van der Waals surface area (Å²) in [7, 11) is 0. The third kappa shape index (κ3) is 2.15. The van der Waals surface area contributed by atoms with Crippen molar-refractivity contribution in [2.24, 2.45) is 0 Å². The quantitative estimate of drug-likeness (QED) is 0.690. The monoisotopic (exact) mass is 207 g/mol. The van der Waals surface area contributed by atoms with Crippen molar-refractivity contribution in [3.05, 3.63) is 34.2 Å². The van der Waals surface area contributed by atoms with E-state index < -0.39 is 0 Å². The molecule has 0 bridgehead atoms. The molecule has 80 valence electrons. The first kappa shape index (κ1) is 10.1. The summed E-state index contributed by atoms with van der Waals surface area (Å²) in [5.41, 5.74) is -0.0292. The van der Waals surface area contributed by atoms with Gasteiger partial charge in [-0.2, -0.15) is 0 Å². The van der Waals surface area contributed by atoms with Gasteiger partial charge < -0.3 is 9.30 Å². The summed E-state index contributed by atoms with van der Waals surface area (Å²) in [6, 6.07) is 3.24. The number of aldehydes is 1. The van der Waals surface area contributed by atoms with Gasteiger partial charge in [-0.25, -0.2) is 0 Å². The molecule has 1 fully saturated rings. The first-order valence-corrected chi connectivity index (χ1v) is 5.07. The van der Waals surface area contributed by atoms with Crippen LogP contribution in [0.1, 0.15) is 23.2 Å². The van der Waals surface area contributed by atoms with Crippen LogP contribution in [0, 0.1) is 0 Å². The fraction of sp³-hybridized carbons (Fsp3) is 0.455. The van der Waals surface area contributed by atoms with Gasteiger partial charge in [-0.3, -0.25) is 9.59 Å². The fourth-order valence-electron chi connectivity index (χ4n) is 1.80. The van der Waals surface area contributed by atoms with E-state index in [2.05, 4.69) is 0 Å². The molecule has 1 atom stereocenters. The Bertz CT molecular complexity index is 405. The summed E-state index contributed by atoms with van der Waals surface area (Å²) in [4.78, 5) is 22.2.